The lowest BCUT2D eigenvalue weighted by molar-refractivity contribution is 0.0308. The topological polar surface area (TPSA) is 38.5 Å². The van der Waals surface area contributed by atoms with Crippen LogP contribution in [0.15, 0.2) is 0 Å². The third-order valence-corrected chi connectivity index (χ3v) is 3.95. The Morgan fingerprint density at radius 2 is 2.06 bits per heavy atom. The number of nitrogens with zero attached hydrogens (tertiary/aromatic N) is 1. The standard InChI is InChI=1S/C13H26N2O/c14-6-5-12-3-1-7-15(9-12)10-13-4-2-8-16-11-13/h12-13H,1-11,14H2. The van der Waals surface area contributed by atoms with Crippen LogP contribution in [0.2, 0.25) is 0 Å². The summed E-state index contributed by atoms with van der Waals surface area (Å²) in [4.78, 5) is 2.64. The third kappa shape index (κ3) is 3.72. The van der Waals surface area contributed by atoms with Gasteiger partial charge in [-0.25, -0.2) is 0 Å². The van der Waals surface area contributed by atoms with Crippen LogP contribution < -0.4 is 5.73 Å². The predicted molar refractivity (Wildman–Crippen MR) is 66.4 cm³/mol. The van der Waals surface area contributed by atoms with Crippen molar-refractivity contribution in [2.45, 2.75) is 32.1 Å². The molecule has 3 nitrogen and oxygen atoms in total. The maximum absolute atomic E-state index is 5.65. The van der Waals surface area contributed by atoms with Crippen LogP contribution in [0.3, 0.4) is 0 Å². The zero-order valence-electron chi connectivity index (χ0n) is 10.4. The summed E-state index contributed by atoms with van der Waals surface area (Å²) >= 11 is 0. The number of ether oxygens (including phenoxy) is 1. The minimum Gasteiger partial charge on any atom is -0.381 e. The number of hydrogen-bond donors (Lipinski definition) is 1. The molecule has 0 aliphatic carbocycles. The highest BCUT2D eigenvalue weighted by atomic mass is 16.5. The summed E-state index contributed by atoms with van der Waals surface area (Å²) in [7, 11) is 0. The van der Waals surface area contributed by atoms with E-state index in [4.69, 9.17) is 10.5 Å². The van der Waals surface area contributed by atoms with Crippen molar-refractivity contribution in [3.8, 4) is 0 Å². The summed E-state index contributed by atoms with van der Waals surface area (Å²) < 4.78 is 5.55. The van der Waals surface area contributed by atoms with Gasteiger partial charge in [0.1, 0.15) is 0 Å². The van der Waals surface area contributed by atoms with Gasteiger partial charge in [-0.3, -0.25) is 0 Å². The lowest BCUT2D eigenvalue weighted by Crippen LogP contribution is -2.40. The fraction of sp³-hybridized carbons (Fsp3) is 1.00. The molecule has 2 unspecified atom stereocenters. The zero-order chi connectivity index (χ0) is 11.2. The van der Waals surface area contributed by atoms with E-state index in [9.17, 15) is 0 Å². The van der Waals surface area contributed by atoms with Crippen molar-refractivity contribution in [2.24, 2.45) is 17.6 Å². The molecule has 0 radical (unpaired) electrons. The van der Waals surface area contributed by atoms with Crippen molar-refractivity contribution in [3.63, 3.8) is 0 Å². The molecule has 94 valence electrons. The van der Waals surface area contributed by atoms with Gasteiger partial charge in [-0.05, 0) is 57.0 Å². The maximum Gasteiger partial charge on any atom is 0.0506 e. The van der Waals surface area contributed by atoms with Crippen LogP contribution in [0.1, 0.15) is 32.1 Å². The van der Waals surface area contributed by atoms with Crippen LogP contribution in [0.5, 0.6) is 0 Å². The fourth-order valence-corrected chi connectivity index (χ4v) is 3.10. The number of rotatable bonds is 4. The van der Waals surface area contributed by atoms with E-state index in [1.54, 1.807) is 0 Å². The number of piperidine rings is 1. The second kappa shape index (κ2) is 6.58. The van der Waals surface area contributed by atoms with Crippen LogP contribution >= 0.6 is 0 Å². The molecule has 2 fully saturated rings. The average Bonchev–Trinajstić information content (AvgIpc) is 2.31. The van der Waals surface area contributed by atoms with Crippen molar-refractivity contribution in [1.29, 1.82) is 0 Å². The quantitative estimate of drug-likeness (QED) is 0.789. The first-order valence-corrected chi connectivity index (χ1v) is 6.88. The summed E-state index contributed by atoms with van der Waals surface area (Å²) in [6, 6.07) is 0. The average molecular weight is 226 g/mol. The normalized spacial score (nSPS) is 32.8. The predicted octanol–water partition coefficient (Wildman–Crippen LogP) is 1.47. The molecule has 2 aliphatic rings. The SMILES string of the molecule is NCCC1CCCN(CC2CCCOC2)C1. The van der Waals surface area contributed by atoms with E-state index in [-0.39, 0.29) is 0 Å². The molecule has 2 saturated heterocycles. The highest BCUT2D eigenvalue weighted by Gasteiger charge is 2.23. The van der Waals surface area contributed by atoms with E-state index in [1.165, 1.54) is 51.7 Å². The molecule has 0 aromatic carbocycles. The smallest absolute Gasteiger partial charge is 0.0506 e. The Bertz CT molecular complexity index is 190. The van der Waals surface area contributed by atoms with Gasteiger partial charge in [-0.15, -0.1) is 0 Å². The lowest BCUT2D eigenvalue weighted by Gasteiger charge is -2.35. The molecule has 0 aromatic rings. The molecule has 2 rings (SSSR count). The van der Waals surface area contributed by atoms with Gasteiger partial charge in [0, 0.05) is 19.7 Å². The molecule has 2 heterocycles. The molecule has 3 heteroatoms. The van der Waals surface area contributed by atoms with Crippen LogP contribution in [0.4, 0.5) is 0 Å². The van der Waals surface area contributed by atoms with Gasteiger partial charge in [-0.1, -0.05) is 0 Å². The van der Waals surface area contributed by atoms with Gasteiger partial charge in [0.2, 0.25) is 0 Å². The highest BCUT2D eigenvalue weighted by molar-refractivity contribution is 4.76. The Morgan fingerprint density at radius 3 is 2.81 bits per heavy atom. The van der Waals surface area contributed by atoms with E-state index in [1.807, 2.05) is 0 Å². The Labute approximate surface area is 99.3 Å². The minimum atomic E-state index is 0.783. The van der Waals surface area contributed by atoms with Crippen LogP contribution in [0, 0.1) is 11.8 Å². The Balaban J connectivity index is 1.71. The monoisotopic (exact) mass is 226 g/mol. The van der Waals surface area contributed by atoms with Gasteiger partial charge < -0.3 is 15.4 Å². The van der Waals surface area contributed by atoms with Gasteiger partial charge in [0.15, 0.2) is 0 Å². The van der Waals surface area contributed by atoms with E-state index in [0.29, 0.717) is 0 Å². The molecule has 0 spiro atoms. The van der Waals surface area contributed by atoms with E-state index < -0.39 is 0 Å². The molecule has 2 N–H and O–H groups in total. The van der Waals surface area contributed by atoms with Crippen LogP contribution in [0.25, 0.3) is 0 Å². The van der Waals surface area contributed by atoms with Crippen LogP contribution in [-0.4, -0.2) is 44.3 Å². The molecule has 0 aromatic heterocycles. The molecule has 16 heavy (non-hydrogen) atoms. The Kier molecular flexibility index (Phi) is 5.07. The van der Waals surface area contributed by atoms with Crippen molar-refractivity contribution < 1.29 is 4.74 Å². The first-order chi connectivity index (χ1) is 7.88. The zero-order valence-corrected chi connectivity index (χ0v) is 10.4. The van der Waals surface area contributed by atoms with Gasteiger partial charge in [-0.2, -0.15) is 0 Å². The number of hydrogen-bond acceptors (Lipinski definition) is 3. The third-order valence-electron chi connectivity index (χ3n) is 3.95. The van der Waals surface area contributed by atoms with Crippen molar-refractivity contribution in [3.05, 3.63) is 0 Å². The van der Waals surface area contributed by atoms with Crippen molar-refractivity contribution >= 4 is 0 Å². The maximum atomic E-state index is 5.65. The van der Waals surface area contributed by atoms with Gasteiger partial charge in [0.25, 0.3) is 0 Å². The summed E-state index contributed by atoms with van der Waals surface area (Å²) in [6.45, 7) is 6.63. The Morgan fingerprint density at radius 1 is 1.19 bits per heavy atom. The van der Waals surface area contributed by atoms with Crippen molar-refractivity contribution in [2.75, 3.05) is 39.4 Å². The fourth-order valence-electron chi connectivity index (χ4n) is 3.10. The second-order valence-corrected chi connectivity index (χ2v) is 5.43. The molecule has 2 atom stereocenters. The first-order valence-electron chi connectivity index (χ1n) is 6.88. The summed E-state index contributed by atoms with van der Waals surface area (Å²) in [6.07, 6.45) is 6.56. The summed E-state index contributed by atoms with van der Waals surface area (Å²) in [5, 5.41) is 0. The largest absolute Gasteiger partial charge is 0.381 e. The highest BCUT2D eigenvalue weighted by Crippen LogP contribution is 2.22. The van der Waals surface area contributed by atoms with E-state index >= 15 is 0 Å². The Hall–Kier alpha value is -0.120. The molecule has 0 saturated carbocycles. The minimum absolute atomic E-state index is 0.783. The summed E-state index contributed by atoms with van der Waals surface area (Å²) in [5.74, 6) is 1.63. The molecule has 0 bridgehead atoms. The molecule has 2 aliphatic heterocycles. The van der Waals surface area contributed by atoms with Crippen LogP contribution in [-0.2, 0) is 4.74 Å². The van der Waals surface area contributed by atoms with Gasteiger partial charge >= 0.3 is 0 Å². The van der Waals surface area contributed by atoms with Gasteiger partial charge in [0.05, 0.1) is 6.61 Å². The number of nitrogens with two attached hydrogens (primary N) is 1. The van der Waals surface area contributed by atoms with Crippen molar-refractivity contribution in [1.82, 2.24) is 4.90 Å². The molecule has 0 amide bonds. The van der Waals surface area contributed by atoms with E-state index in [0.717, 1.165) is 31.6 Å². The molecular weight excluding hydrogens is 200 g/mol. The second-order valence-electron chi connectivity index (χ2n) is 5.43. The lowest BCUT2D eigenvalue weighted by atomic mass is 9.93. The van der Waals surface area contributed by atoms with E-state index in [2.05, 4.69) is 4.90 Å². The number of likely N-dealkylation sites (tertiary alicyclic amines) is 1. The molecular formula is C13H26N2O. The first kappa shape index (κ1) is 12.3. The summed E-state index contributed by atoms with van der Waals surface area (Å²) in [5.41, 5.74) is 5.65.